The second kappa shape index (κ2) is 7.33. The summed E-state index contributed by atoms with van der Waals surface area (Å²) in [6, 6.07) is 24.5. The average molecular weight is 355 g/mol. The largest absolute Gasteiger partial charge is 0.332 e. The van der Waals surface area contributed by atoms with Gasteiger partial charge in [0, 0.05) is 36.0 Å². The van der Waals surface area contributed by atoms with Crippen molar-refractivity contribution >= 4 is 23.0 Å². The lowest BCUT2D eigenvalue weighted by Crippen LogP contribution is -2.17. The van der Waals surface area contributed by atoms with Gasteiger partial charge in [-0.3, -0.25) is 4.98 Å². The number of anilines is 1. The lowest BCUT2D eigenvalue weighted by molar-refractivity contribution is 1.18. The molecule has 0 saturated heterocycles. The fourth-order valence-corrected chi connectivity index (χ4v) is 3.05. The highest BCUT2D eigenvalue weighted by Gasteiger charge is 2.05. The first-order chi connectivity index (χ1) is 12.8. The summed E-state index contributed by atoms with van der Waals surface area (Å²) in [4.78, 5) is 4.18. The molecular weight excluding hydrogens is 338 g/mol. The van der Waals surface area contributed by atoms with E-state index in [1.54, 1.807) is 6.20 Å². The summed E-state index contributed by atoms with van der Waals surface area (Å²) in [5, 5.41) is 3.94. The van der Waals surface area contributed by atoms with E-state index in [-0.39, 0.29) is 0 Å². The van der Waals surface area contributed by atoms with Gasteiger partial charge in [-0.05, 0) is 53.2 Å². The Bertz CT molecular complexity index is 1020. The molecular formula is C22H17N3S. The Morgan fingerprint density at radius 3 is 2.42 bits per heavy atom. The molecule has 2 aromatic carbocycles. The maximum Gasteiger partial charge on any atom is 0.181 e. The van der Waals surface area contributed by atoms with Gasteiger partial charge in [0.05, 0.1) is 0 Å². The first kappa shape index (κ1) is 16.2. The number of hydrogen-bond acceptors (Lipinski definition) is 2. The monoisotopic (exact) mass is 355 g/mol. The standard InChI is InChI=1S/C22H17N3S/c26-22(25-13-11-20(16-25)17-6-2-1-3-7-17)24-21-10-4-8-18(14-21)19-9-5-12-23-15-19/h1-16H,(H,24,26). The van der Waals surface area contributed by atoms with Crippen LogP contribution < -0.4 is 5.32 Å². The van der Waals surface area contributed by atoms with Crippen molar-refractivity contribution in [2.75, 3.05) is 5.32 Å². The van der Waals surface area contributed by atoms with E-state index < -0.39 is 0 Å². The Morgan fingerprint density at radius 1 is 0.808 bits per heavy atom. The minimum Gasteiger partial charge on any atom is -0.332 e. The first-order valence-electron chi connectivity index (χ1n) is 8.35. The van der Waals surface area contributed by atoms with Gasteiger partial charge in [0.15, 0.2) is 5.11 Å². The van der Waals surface area contributed by atoms with E-state index in [2.05, 4.69) is 40.6 Å². The van der Waals surface area contributed by atoms with Gasteiger partial charge in [-0.1, -0.05) is 48.5 Å². The molecule has 126 valence electrons. The molecule has 0 amide bonds. The summed E-state index contributed by atoms with van der Waals surface area (Å²) >= 11 is 5.57. The molecule has 26 heavy (non-hydrogen) atoms. The van der Waals surface area contributed by atoms with Crippen LogP contribution in [0.5, 0.6) is 0 Å². The van der Waals surface area contributed by atoms with E-state index in [0.717, 1.165) is 22.4 Å². The summed E-state index contributed by atoms with van der Waals surface area (Å²) < 4.78 is 1.93. The van der Waals surface area contributed by atoms with Crippen LogP contribution >= 0.6 is 12.2 Å². The third-order valence-corrected chi connectivity index (χ3v) is 4.46. The molecule has 0 bridgehead atoms. The second-order valence-corrected chi connectivity index (χ2v) is 6.31. The fourth-order valence-electron chi connectivity index (χ4n) is 2.82. The lowest BCUT2D eigenvalue weighted by Gasteiger charge is -2.10. The minimum atomic E-state index is 0.635. The molecule has 2 aromatic heterocycles. The highest BCUT2D eigenvalue weighted by atomic mass is 32.1. The minimum absolute atomic E-state index is 0.635. The van der Waals surface area contributed by atoms with Crippen LogP contribution in [-0.2, 0) is 0 Å². The molecule has 4 aromatic rings. The Labute approximate surface area is 158 Å². The molecule has 2 heterocycles. The van der Waals surface area contributed by atoms with Crippen LogP contribution in [-0.4, -0.2) is 14.7 Å². The number of nitrogens with zero attached hydrogens (tertiary/aromatic N) is 2. The normalized spacial score (nSPS) is 10.5. The number of hydrogen-bond donors (Lipinski definition) is 1. The zero-order valence-electron chi connectivity index (χ0n) is 14.0. The quantitative estimate of drug-likeness (QED) is 0.495. The number of thiocarbonyl (C=S) groups is 1. The summed E-state index contributed by atoms with van der Waals surface area (Å²) in [6.45, 7) is 0. The Morgan fingerprint density at radius 2 is 1.62 bits per heavy atom. The number of rotatable bonds is 3. The average Bonchev–Trinajstić information content (AvgIpc) is 3.20. The summed E-state index contributed by atoms with van der Waals surface area (Å²) in [6.07, 6.45) is 7.64. The van der Waals surface area contributed by atoms with Gasteiger partial charge < -0.3 is 9.88 Å². The molecule has 1 N–H and O–H groups in total. The van der Waals surface area contributed by atoms with Gasteiger partial charge >= 0.3 is 0 Å². The Balaban J connectivity index is 1.53. The molecule has 0 aliphatic rings. The molecule has 0 aliphatic carbocycles. The number of pyridine rings is 1. The Kier molecular flexibility index (Phi) is 4.58. The molecule has 0 saturated carbocycles. The van der Waals surface area contributed by atoms with Crippen LogP contribution in [0.25, 0.3) is 22.3 Å². The van der Waals surface area contributed by atoms with Crippen LogP contribution in [0.1, 0.15) is 0 Å². The third kappa shape index (κ3) is 3.55. The van der Waals surface area contributed by atoms with E-state index in [1.165, 1.54) is 5.56 Å². The smallest absolute Gasteiger partial charge is 0.181 e. The lowest BCUT2D eigenvalue weighted by atomic mass is 10.1. The van der Waals surface area contributed by atoms with Crippen molar-refractivity contribution in [1.82, 2.24) is 9.55 Å². The molecule has 0 spiro atoms. The van der Waals surface area contributed by atoms with E-state index in [1.807, 2.05) is 65.6 Å². The van der Waals surface area contributed by atoms with Gasteiger partial charge in [-0.15, -0.1) is 0 Å². The maximum atomic E-state index is 5.57. The van der Waals surface area contributed by atoms with Crippen molar-refractivity contribution < 1.29 is 0 Å². The van der Waals surface area contributed by atoms with Gasteiger partial charge in [-0.2, -0.15) is 0 Å². The fraction of sp³-hybridized carbons (Fsp3) is 0. The Hall–Kier alpha value is -3.24. The molecule has 0 aliphatic heterocycles. The van der Waals surface area contributed by atoms with E-state index in [9.17, 15) is 0 Å². The molecule has 0 unspecified atom stereocenters. The predicted molar refractivity (Wildman–Crippen MR) is 111 cm³/mol. The van der Waals surface area contributed by atoms with Crippen LogP contribution in [0.4, 0.5) is 5.69 Å². The van der Waals surface area contributed by atoms with E-state index in [4.69, 9.17) is 12.2 Å². The zero-order chi connectivity index (χ0) is 17.8. The first-order valence-corrected chi connectivity index (χ1v) is 8.76. The van der Waals surface area contributed by atoms with E-state index >= 15 is 0 Å². The van der Waals surface area contributed by atoms with Crippen LogP contribution in [0, 0.1) is 0 Å². The maximum absolute atomic E-state index is 5.57. The highest BCUT2D eigenvalue weighted by Crippen LogP contribution is 2.23. The van der Waals surface area contributed by atoms with Crippen molar-refractivity contribution in [2.45, 2.75) is 0 Å². The molecule has 4 rings (SSSR count). The highest BCUT2D eigenvalue weighted by molar-refractivity contribution is 7.80. The van der Waals surface area contributed by atoms with Gasteiger partial charge in [0.1, 0.15) is 0 Å². The van der Waals surface area contributed by atoms with Gasteiger partial charge in [0.2, 0.25) is 0 Å². The summed E-state index contributed by atoms with van der Waals surface area (Å²) in [5.41, 5.74) is 5.44. The predicted octanol–water partition coefficient (Wildman–Crippen LogP) is 5.46. The second-order valence-electron chi connectivity index (χ2n) is 5.93. The zero-order valence-corrected chi connectivity index (χ0v) is 14.9. The van der Waals surface area contributed by atoms with Crippen molar-refractivity contribution in [3.63, 3.8) is 0 Å². The van der Waals surface area contributed by atoms with Crippen LogP contribution in [0.2, 0.25) is 0 Å². The summed E-state index contributed by atoms with van der Waals surface area (Å²) in [7, 11) is 0. The van der Waals surface area contributed by atoms with Crippen molar-refractivity contribution in [3.05, 3.63) is 97.6 Å². The van der Waals surface area contributed by atoms with Crippen LogP contribution in [0.15, 0.2) is 97.6 Å². The molecule has 4 heteroatoms. The molecule has 3 nitrogen and oxygen atoms in total. The van der Waals surface area contributed by atoms with Crippen LogP contribution in [0.3, 0.4) is 0 Å². The van der Waals surface area contributed by atoms with Gasteiger partial charge in [-0.25, -0.2) is 0 Å². The molecule has 0 radical (unpaired) electrons. The van der Waals surface area contributed by atoms with E-state index in [0.29, 0.717) is 5.11 Å². The SMILES string of the molecule is S=C(Nc1cccc(-c2cccnc2)c1)n1ccc(-c2ccccc2)c1. The topological polar surface area (TPSA) is 29.9 Å². The van der Waals surface area contributed by atoms with Crippen molar-refractivity contribution in [2.24, 2.45) is 0 Å². The number of aromatic nitrogens is 2. The van der Waals surface area contributed by atoms with Crippen molar-refractivity contribution in [1.29, 1.82) is 0 Å². The number of nitrogens with one attached hydrogen (secondary N) is 1. The van der Waals surface area contributed by atoms with Gasteiger partial charge in [0.25, 0.3) is 0 Å². The summed E-state index contributed by atoms with van der Waals surface area (Å²) in [5.74, 6) is 0. The third-order valence-electron chi connectivity index (χ3n) is 4.14. The number of benzene rings is 2. The molecule has 0 fully saturated rings. The van der Waals surface area contributed by atoms with Crippen molar-refractivity contribution in [3.8, 4) is 22.3 Å². The molecule has 0 atom stereocenters.